The summed E-state index contributed by atoms with van der Waals surface area (Å²) in [5.41, 5.74) is 0.485. The summed E-state index contributed by atoms with van der Waals surface area (Å²) in [7, 11) is 0. The molecular formula is C12H14BrF2N. The van der Waals surface area contributed by atoms with Gasteiger partial charge in [-0.2, -0.15) is 0 Å². The lowest BCUT2D eigenvalue weighted by Crippen LogP contribution is -2.28. The van der Waals surface area contributed by atoms with Gasteiger partial charge in [0.1, 0.15) is 0 Å². The van der Waals surface area contributed by atoms with Crippen molar-refractivity contribution in [2.45, 2.75) is 19.3 Å². The normalized spacial score (nSPS) is 17.7. The summed E-state index contributed by atoms with van der Waals surface area (Å²) < 4.78 is 27.3. The summed E-state index contributed by atoms with van der Waals surface area (Å²) in [4.78, 5) is 0. The molecule has 88 valence electrons. The minimum absolute atomic E-state index is 0.462. The van der Waals surface area contributed by atoms with E-state index >= 15 is 0 Å². The number of hydrogen-bond acceptors (Lipinski definition) is 1. The molecule has 0 saturated carbocycles. The largest absolute Gasteiger partial charge is 0.317 e. The van der Waals surface area contributed by atoms with E-state index in [1.807, 2.05) is 0 Å². The zero-order valence-corrected chi connectivity index (χ0v) is 10.5. The van der Waals surface area contributed by atoms with Gasteiger partial charge in [0.25, 0.3) is 0 Å². The lowest BCUT2D eigenvalue weighted by molar-refractivity contribution is 0.366. The number of hydrogen-bond donors (Lipinski definition) is 1. The third-order valence-electron chi connectivity index (χ3n) is 3.04. The molecule has 1 aromatic carbocycles. The van der Waals surface area contributed by atoms with Gasteiger partial charge >= 0.3 is 0 Å². The van der Waals surface area contributed by atoms with E-state index in [9.17, 15) is 8.78 Å². The highest BCUT2D eigenvalue weighted by atomic mass is 79.9. The van der Waals surface area contributed by atoms with Crippen molar-refractivity contribution in [3.8, 4) is 0 Å². The zero-order valence-electron chi connectivity index (χ0n) is 8.90. The van der Waals surface area contributed by atoms with Gasteiger partial charge in [-0.05, 0) is 56.0 Å². The summed E-state index contributed by atoms with van der Waals surface area (Å²) in [6.07, 6.45) is 2.70. The Morgan fingerprint density at radius 3 is 2.62 bits per heavy atom. The van der Waals surface area contributed by atoms with E-state index in [1.165, 1.54) is 6.07 Å². The minimum Gasteiger partial charge on any atom is -0.317 e. The van der Waals surface area contributed by atoms with Crippen molar-refractivity contribution < 1.29 is 8.78 Å². The van der Waals surface area contributed by atoms with Crippen molar-refractivity contribution in [1.82, 2.24) is 5.32 Å². The van der Waals surface area contributed by atoms with Crippen molar-refractivity contribution in [2.75, 3.05) is 13.1 Å². The number of nitrogens with one attached hydrogen (secondary N) is 1. The van der Waals surface area contributed by atoms with Crippen LogP contribution in [0.25, 0.3) is 0 Å². The van der Waals surface area contributed by atoms with Gasteiger partial charge in [-0.15, -0.1) is 0 Å². The van der Waals surface area contributed by atoms with E-state index in [-0.39, 0.29) is 0 Å². The van der Waals surface area contributed by atoms with Crippen molar-refractivity contribution in [3.63, 3.8) is 0 Å². The topological polar surface area (TPSA) is 12.0 Å². The fourth-order valence-corrected chi connectivity index (χ4v) is 2.63. The lowest BCUT2D eigenvalue weighted by atomic mass is 9.91. The maximum Gasteiger partial charge on any atom is 0.162 e. The summed E-state index contributed by atoms with van der Waals surface area (Å²) in [6.45, 7) is 1.95. The molecule has 1 aromatic rings. The molecule has 2 rings (SSSR count). The second-order valence-electron chi connectivity index (χ2n) is 4.26. The summed E-state index contributed by atoms with van der Waals surface area (Å²) >= 11 is 3.19. The third kappa shape index (κ3) is 2.80. The van der Waals surface area contributed by atoms with Crippen LogP contribution in [0, 0.1) is 17.6 Å². The van der Waals surface area contributed by atoms with E-state index in [0.717, 1.165) is 25.9 Å². The number of halogens is 3. The fourth-order valence-electron chi connectivity index (χ4n) is 2.15. The molecule has 1 heterocycles. The maximum atomic E-state index is 13.5. The third-order valence-corrected chi connectivity index (χ3v) is 3.49. The molecule has 0 amide bonds. The van der Waals surface area contributed by atoms with E-state index in [1.54, 1.807) is 6.07 Å². The summed E-state index contributed by atoms with van der Waals surface area (Å²) in [5.74, 6) is -0.996. The van der Waals surface area contributed by atoms with Crippen LogP contribution in [0.2, 0.25) is 0 Å². The summed E-state index contributed by atoms with van der Waals surface area (Å²) in [5, 5.41) is 3.26. The van der Waals surface area contributed by atoms with Gasteiger partial charge in [0.2, 0.25) is 0 Å². The average Bonchev–Trinajstić information content (AvgIpc) is 2.27. The first-order valence-electron chi connectivity index (χ1n) is 5.51. The zero-order chi connectivity index (χ0) is 11.5. The Kier molecular flexibility index (Phi) is 3.92. The molecule has 0 spiro atoms. The SMILES string of the molecule is Fc1cc(Br)cc(CC2CCNCC2)c1F. The van der Waals surface area contributed by atoms with Crippen LogP contribution in [-0.4, -0.2) is 13.1 Å². The van der Waals surface area contributed by atoms with Gasteiger partial charge in [0.15, 0.2) is 11.6 Å². The number of piperidine rings is 1. The van der Waals surface area contributed by atoms with Crippen LogP contribution in [0.3, 0.4) is 0 Å². The molecule has 1 N–H and O–H groups in total. The first-order valence-corrected chi connectivity index (χ1v) is 6.30. The van der Waals surface area contributed by atoms with Crippen LogP contribution < -0.4 is 5.32 Å². The smallest absolute Gasteiger partial charge is 0.162 e. The van der Waals surface area contributed by atoms with Crippen molar-refractivity contribution >= 4 is 15.9 Å². The maximum absolute atomic E-state index is 13.5. The quantitative estimate of drug-likeness (QED) is 0.824. The van der Waals surface area contributed by atoms with Crippen LogP contribution in [0.1, 0.15) is 18.4 Å². The molecule has 0 unspecified atom stereocenters. The van der Waals surface area contributed by atoms with E-state index in [4.69, 9.17) is 0 Å². The highest BCUT2D eigenvalue weighted by Gasteiger charge is 2.17. The molecule has 1 aliphatic rings. The number of rotatable bonds is 2. The highest BCUT2D eigenvalue weighted by Crippen LogP contribution is 2.24. The molecule has 0 aromatic heterocycles. The highest BCUT2D eigenvalue weighted by molar-refractivity contribution is 9.10. The molecule has 1 nitrogen and oxygen atoms in total. The Morgan fingerprint density at radius 1 is 1.25 bits per heavy atom. The predicted octanol–water partition coefficient (Wildman–Crippen LogP) is 3.27. The van der Waals surface area contributed by atoms with Crippen LogP contribution in [0.4, 0.5) is 8.78 Å². The fraction of sp³-hybridized carbons (Fsp3) is 0.500. The summed E-state index contributed by atoms with van der Waals surface area (Å²) in [6, 6.07) is 2.85. The molecule has 16 heavy (non-hydrogen) atoms. The van der Waals surface area contributed by atoms with Gasteiger partial charge < -0.3 is 5.32 Å². The van der Waals surface area contributed by atoms with Crippen molar-refractivity contribution in [3.05, 3.63) is 33.8 Å². The molecule has 0 radical (unpaired) electrons. The second-order valence-corrected chi connectivity index (χ2v) is 5.17. The predicted molar refractivity (Wildman–Crippen MR) is 63.4 cm³/mol. The first kappa shape index (κ1) is 12.0. The van der Waals surface area contributed by atoms with Crippen LogP contribution >= 0.6 is 15.9 Å². The molecule has 1 aliphatic heterocycles. The standard InChI is InChI=1S/C12H14BrF2N/c13-10-6-9(12(15)11(14)7-10)5-8-1-3-16-4-2-8/h6-8,16H,1-5H2. The Bertz CT molecular complexity index is 376. The van der Waals surface area contributed by atoms with E-state index in [0.29, 0.717) is 22.4 Å². The van der Waals surface area contributed by atoms with Crippen LogP contribution in [0.15, 0.2) is 16.6 Å². The Labute approximate surface area is 102 Å². The molecule has 1 saturated heterocycles. The van der Waals surface area contributed by atoms with Gasteiger partial charge in [0, 0.05) is 4.47 Å². The van der Waals surface area contributed by atoms with Gasteiger partial charge in [-0.25, -0.2) is 8.78 Å². The molecule has 0 aliphatic carbocycles. The first-order chi connectivity index (χ1) is 7.66. The molecule has 0 atom stereocenters. The molecule has 1 fully saturated rings. The Hall–Kier alpha value is -0.480. The van der Waals surface area contributed by atoms with Crippen molar-refractivity contribution in [1.29, 1.82) is 0 Å². The molecule has 4 heteroatoms. The van der Waals surface area contributed by atoms with Gasteiger partial charge in [-0.3, -0.25) is 0 Å². The number of benzene rings is 1. The second kappa shape index (κ2) is 5.23. The monoisotopic (exact) mass is 289 g/mol. The van der Waals surface area contributed by atoms with Crippen molar-refractivity contribution in [2.24, 2.45) is 5.92 Å². The lowest BCUT2D eigenvalue weighted by Gasteiger charge is -2.22. The minimum atomic E-state index is -0.765. The molecule has 0 bridgehead atoms. The van der Waals surface area contributed by atoms with Crippen LogP contribution in [0.5, 0.6) is 0 Å². The van der Waals surface area contributed by atoms with Crippen LogP contribution in [-0.2, 0) is 6.42 Å². The van der Waals surface area contributed by atoms with E-state index in [2.05, 4.69) is 21.2 Å². The molecular weight excluding hydrogens is 276 g/mol. The Balaban J connectivity index is 2.13. The Morgan fingerprint density at radius 2 is 1.94 bits per heavy atom. The van der Waals surface area contributed by atoms with Gasteiger partial charge in [-0.1, -0.05) is 15.9 Å². The van der Waals surface area contributed by atoms with E-state index < -0.39 is 11.6 Å². The average molecular weight is 290 g/mol. The van der Waals surface area contributed by atoms with Gasteiger partial charge in [0.05, 0.1) is 0 Å².